The van der Waals surface area contributed by atoms with Crippen molar-refractivity contribution in [2.24, 2.45) is 5.92 Å². The number of piperazine rings is 1. The first kappa shape index (κ1) is 21.6. The van der Waals surface area contributed by atoms with Crippen LogP contribution in [0.2, 0.25) is 0 Å². The highest BCUT2D eigenvalue weighted by Gasteiger charge is 2.19. The van der Waals surface area contributed by atoms with E-state index in [2.05, 4.69) is 39.2 Å². The smallest absolute Gasteiger partial charge is 0.350 e. The van der Waals surface area contributed by atoms with E-state index in [0.717, 1.165) is 44.2 Å². The van der Waals surface area contributed by atoms with Crippen molar-refractivity contribution < 1.29 is 4.74 Å². The molecule has 5 rings (SSSR count). The van der Waals surface area contributed by atoms with E-state index in [1.807, 2.05) is 31.2 Å². The first-order valence-electron chi connectivity index (χ1n) is 12.2. The second-order valence-corrected chi connectivity index (χ2v) is 9.03. The third-order valence-corrected chi connectivity index (χ3v) is 6.92. The molecule has 1 aromatic heterocycles. The van der Waals surface area contributed by atoms with Crippen molar-refractivity contribution in [3.63, 3.8) is 0 Å². The number of anilines is 2. The molecule has 2 heterocycles. The van der Waals surface area contributed by atoms with Crippen LogP contribution >= 0.6 is 0 Å². The number of ether oxygens (including phenoxy) is 1. The minimum atomic E-state index is -0.0429. The molecule has 0 bridgehead atoms. The highest BCUT2D eigenvalue weighted by molar-refractivity contribution is 5.54. The summed E-state index contributed by atoms with van der Waals surface area (Å²) in [6, 6.07) is 16.6. The lowest BCUT2D eigenvalue weighted by molar-refractivity contribution is 0.340. The zero-order valence-corrected chi connectivity index (χ0v) is 19.4. The molecule has 33 heavy (non-hydrogen) atoms. The lowest BCUT2D eigenvalue weighted by Gasteiger charge is -2.37. The second kappa shape index (κ2) is 9.73. The lowest BCUT2D eigenvalue weighted by atomic mass is 10.1. The Kier molecular flexibility index (Phi) is 6.37. The summed E-state index contributed by atoms with van der Waals surface area (Å²) in [7, 11) is 0. The maximum atomic E-state index is 12.8. The molecule has 2 fully saturated rings. The molecule has 0 atom stereocenters. The minimum absolute atomic E-state index is 0.0429. The van der Waals surface area contributed by atoms with Gasteiger partial charge < -0.3 is 14.5 Å². The van der Waals surface area contributed by atoms with Gasteiger partial charge in [-0.1, -0.05) is 12.8 Å². The zero-order valence-electron chi connectivity index (χ0n) is 19.4. The third kappa shape index (κ3) is 4.77. The summed E-state index contributed by atoms with van der Waals surface area (Å²) in [5.74, 6) is 1.51. The molecule has 2 aliphatic rings. The molecule has 0 N–H and O–H groups in total. The van der Waals surface area contributed by atoms with Crippen LogP contribution in [0.4, 0.5) is 11.4 Å². The molecule has 7 nitrogen and oxygen atoms in total. The second-order valence-electron chi connectivity index (χ2n) is 9.03. The van der Waals surface area contributed by atoms with Crippen molar-refractivity contribution in [2.75, 3.05) is 42.6 Å². The first-order chi connectivity index (χ1) is 16.2. The quantitative estimate of drug-likeness (QED) is 0.549. The van der Waals surface area contributed by atoms with E-state index >= 15 is 0 Å². The van der Waals surface area contributed by atoms with Crippen LogP contribution in [-0.4, -0.2) is 47.1 Å². The van der Waals surface area contributed by atoms with Crippen LogP contribution in [0.25, 0.3) is 5.69 Å². The zero-order chi connectivity index (χ0) is 22.6. The summed E-state index contributed by atoms with van der Waals surface area (Å²) >= 11 is 0. The predicted molar refractivity (Wildman–Crippen MR) is 132 cm³/mol. The van der Waals surface area contributed by atoms with E-state index in [4.69, 9.17) is 4.74 Å². The number of benzene rings is 2. The molecule has 0 amide bonds. The average Bonchev–Trinajstić information content (AvgIpc) is 3.50. The summed E-state index contributed by atoms with van der Waals surface area (Å²) in [6.45, 7) is 7.31. The van der Waals surface area contributed by atoms with E-state index < -0.39 is 0 Å². The van der Waals surface area contributed by atoms with Gasteiger partial charge in [-0.2, -0.15) is 5.10 Å². The van der Waals surface area contributed by atoms with Crippen molar-refractivity contribution >= 4 is 11.4 Å². The Hall–Kier alpha value is -3.22. The maximum Gasteiger partial charge on any atom is 0.350 e. The standard InChI is InChI=1S/C26H33N5O2/c1-2-33-25-13-11-23(12-14-25)29-17-15-28(16-18-29)22-7-9-24(10-8-22)30-20-27-31(26(30)32)19-21-5-3-4-6-21/h7-14,20-21H,2-6,15-19H2,1H3. The Morgan fingerprint density at radius 2 is 1.39 bits per heavy atom. The van der Waals surface area contributed by atoms with Gasteiger partial charge in [0.2, 0.25) is 0 Å². The number of hydrogen-bond acceptors (Lipinski definition) is 5. The molecule has 1 aliphatic carbocycles. The Morgan fingerprint density at radius 1 is 0.848 bits per heavy atom. The summed E-state index contributed by atoms with van der Waals surface area (Å²) in [5, 5.41) is 4.36. The summed E-state index contributed by atoms with van der Waals surface area (Å²) < 4.78 is 8.83. The number of hydrogen-bond donors (Lipinski definition) is 0. The van der Waals surface area contributed by atoms with Crippen LogP contribution in [0.3, 0.4) is 0 Å². The predicted octanol–water partition coefficient (Wildman–Crippen LogP) is 3.95. The van der Waals surface area contributed by atoms with Crippen molar-refractivity contribution in [3.8, 4) is 11.4 Å². The molecule has 0 spiro atoms. The fourth-order valence-electron chi connectivity index (χ4n) is 5.04. The van der Waals surface area contributed by atoms with Gasteiger partial charge in [-0.25, -0.2) is 14.0 Å². The highest BCUT2D eigenvalue weighted by atomic mass is 16.5. The molecule has 1 saturated heterocycles. The van der Waals surface area contributed by atoms with Gasteiger partial charge in [-0.05, 0) is 74.2 Å². The average molecular weight is 448 g/mol. The number of nitrogens with zero attached hydrogens (tertiary/aromatic N) is 5. The molecule has 3 aromatic rings. The van der Waals surface area contributed by atoms with Crippen LogP contribution < -0.4 is 20.2 Å². The van der Waals surface area contributed by atoms with Gasteiger partial charge in [-0.3, -0.25) is 0 Å². The van der Waals surface area contributed by atoms with Crippen LogP contribution in [0.5, 0.6) is 5.75 Å². The largest absolute Gasteiger partial charge is 0.494 e. The molecule has 1 aliphatic heterocycles. The SMILES string of the molecule is CCOc1ccc(N2CCN(c3ccc(-n4cnn(CC5CCCC5)c4=O)cc3)CC2)cc1. The van der Waals surface area contributed by atoms with E-state index in [1.165, 1.54) is 37.1 Å². The van der Waals surface area contributed by atoms with Gasteiger partial charge >= 0.3 is 5.69 Å². The van der Waals surface area contributed by atoms with Crippen molar-refractivity contribution in [2.45, 2.75) is 39.2 Å². The van der Waals surface area contributed by atoms with Gasteiger partial charge in [0.05, 0.1) is 12.3 Å². The molecule has 7 heteroatoms. The van der Waals surface area contributed by atoms with E-state index in [1.54, 1.807) is 15.6 Å². The first-order valence-corrected chi connectivity index (χ1v) is 12.2. The summed E-state index contributed by atoms with van der Waals surface area (Å²) in [6.07, 6.45) is 6.62. The Labute approximate surface area is 195 Å². The normalized spacial score (nSPS) is 17.0. The summed E-state index contributed by atoms with van der Waals surface area (Å²) in [5.41, 5.74) is 3.26. The van der Waals surface area contributed by atoms with Crippen LogP contribution in [0, 0.1) is 5.92 Å². The van der Waals surface area contributed by atoms with Crippen molar-refractivity contribution in [1.29, 1.82) is 0 Å². The topological polar surface area (TPSA) is 55.5 Å². The van der Waals surface area contributed by atoms with Gasteiger partial charge in [0, 0.05) is 44.1 Å². The van der Waals surface area contributed by atoms with Gasteiger partial charge in [0.1, 0.15) is 12.1 Å². The lowest BCUT2D eigenvalue weighted by Crippen LogP contribution is -2.46. The van der Waals surface area contributed by atoms with Crippen molar-refractivity contribution in [3.05, 3.63) is 65.3 Å². The molecular formula is C26H33N5O2. The van der Waals surface area contributed by atoms with Gasteiger partial charge in [-0.15, -0.1) is 0 Å². The van der Waals surface area contributed by atoms with E-state index in [0.29, 0.717) is 12.5 Å². The Bertz CT molecular complexity index is 1090. The summed E-state index contributed by atoms with van der Waals surface area (Å²) in [4.78, 5) is 17.6. The molecule has 174 valence electrons. The molecule has 2 aromatic carbocycles. The van der Waals surface area contributed by atoms with Crippen LogP contribution in [0.1, 0.15) is 32.6 Å². The molecule has 1 saturated carbocycles. The van der Waals surface area contributed by atoms with Crippen LogP contribution in [0.15, 0.2) is 59.7 Å². The fourth-order valence-corrected chi connectivity index (χ4v) is 5.04. The highest BCUT2D eigenvalue weighted by Crippen LogP contribution is 2.26. The minimum Gasteiger partial charge on any atom is -0.494 e. The molecule has 0 unspecified atom stereocenters. The van der Waals surface area contributed by atoms with Gasteiger partial charge in [0.15, 0.2) is 0 Å². The Morgan fingerprint density at radius 3 is 1.97 bits per heavy atom. The fraction of sp³-hybridized carbons (Fsp3) is 0.462. The maximum absolute atomic E-state index is 12.8. The number of aromatic nitrogens is 3. The number of rotatable bonds is 7. The van der Waals surface area contributed by atoms with E-state index in [-0.39, 0.29) is 5.69 Å². The van der Waals surface area contributed by atoms with Gasteiger partial charge in [0.25, 0.3) is 0 Å². The Balaban J connectivity index is 1.20. The molecule has 0 radical (unpaired) electrons. The van der Waals surface area contributed by atoms with E-state index in [9.17, 15) is 4.79 Å². The van der Waals surface area contributed by atoms with Crippen LogP contribution in [-0.2, 0) is 6.54 Å². The van der Waals surface area contributed by atoms with Crippen molar-refractivity contribution in [1.82, 2.24) is 14.3 Å². The third-order valence-electron chi connectivity index (χ3n) is 6.92. The monoisotopic (exact) mass is 447 g/mol. The molecular weight excluding hydrogens is 414 g/mol.